The topological polar surface area (TPSA) is 50.2 Å². The number of carbonyl (C=O) groups excluding carboxylic acids is 1. The van der Waals surface area contributed by atoms with Crippen LogP contribution in [0.5, 0.6) is 0 Å². The number of benzene rings is 2. The molecule has 0 saturated heterocycles. The molecular formula is C28H23Cl2F3N4O. The van der Waals surface area contributed by atoms with Gasteiger partial charge >= 0.3 is 12.2 Å². The van der Waals surface area contributed by atoms with E-state index in [1.165, 1.54) is 12.1 Å². The van der Waals surface area contributed by atoms with Gasteiger partial charge in [-0.25, -0.2) is 9.78 Å². The second-order valence-electron chi connectivity index (χ2n) is 9.05. The number of hydrogen-bond acceptors (Lipinski definition) is 3. The maximum atomic E-state index is 13.3. The summed E-state index contributed by atoms with van der Waals surface area (Å²) in [5.74, 6) is 0. The van der Waals surface area contributed by atoms with Crippen molar-refractivity contribution in [2.24, 2.45) is 0 Å². The molecule has 2 aromatic heterocycles. The van der Waals surface area contributed by atoms with Crippen LogP contribution in [-0.4, -0.2) is 33.6 Å². The van der Waals surface area contributed by atoms with Crippen molar-refractivity contribution in [1.29, 1.82) is 0 Å². The van der Waals surface area contributed by atoms with E-state index in [4.69, 9.17) is 23.2 Å². The lowest BCUT2D eigenvalue weighted by molar-refractivity contribution is -0.137. The zero-order valence-corrected chi connectivity index (χ0v) is 21.6. The summed E-state index contributed by atoms with van der Waals surface area (Å²) in [6.45, 7) is 2.23. The van der Waals surface area contributed by atoms with Crippen molar-refractivity contribution in [3.8, 4) is 0 Å². The highest BCUT2D eigenvalue weighted by molar-refractivity contribution is 6.35. The lowest BCUT2D eigenvalue weighted by atomic mass is 10.0. The van der Waals surface area contributed by atoms with E-state index in [1.807, 2.05) is 24.3 Å². The largest absolute Gasteiger partial charge is 0.416 e. The lowest BCUT2D eigenvalue weighted by Crippen LogP contribution is -2.34. The number of halogens is 5. The van der Waals surface area contributed by atoms with Crippen LogP contribution in [0, 0.1) is 0 Å². The minimum absolute atomic E-state index is 0.270. The third-order valence-corrected chi connectivity index (χ3v) is 7.06. The molecule has 0 spiro atoms. The van der Waals surface area contributed by atoms with Crippen LogP contribution in [-0.2, 0) is 25.7 Å². The zero-order valence-electron chi connectivity index (χ0n) is 20.1. The van der Waals surface area contributed by atoms with E-state index >= 15 is 0 Å². The smallest absolute Gasteiger partial charge is 0.333 e. The highest BCUT2D eigenvalue weighted by atomic mass is 35.5. The van der Waals surface area contributed by atoms with Gasteiger partial charge in [0.15, 0.2) is 0 Å². The molecule has 0 radical (unpaired) electrons. The van der Waals surface area contributed by atoms with Crippen LogP contribution in [0.2, 0.25) is 10.2 Å². The Bertz CT molecular complexity index is 1510. The molecule has 3 heterocycles. The first kappa shape index (κ1) is 26.3. The Morgan fingerprint density at radius 2 is 1.89 bits per heavy atom. The van der Waals surface area contributed by atoms with Crippen LogP contribution in [0.3, 0.4) is 0 Å². The van der Waals surface area contributed by atoms with Crippen molar-refractivity contribution in [2.45, 2.75) is 25.7 Å². The number of aromatic nitrogens is 2. The second-order valence-corrected chi connectivity index (χ2v) is 9.84. The molecule has 0 unspecified atom stereocenters. The minimum atomic E-state index is -4.35. The molecular weight excluding hydrogens is 536 g/mol. The average Bonchev–Trinajstić information content (AvgIpc) is 3.22. The third-order valence-electron chi connectivity index (χ3n) is 6.55. The Morgan fingerprint density at radius 3 is 2.63 bits per heavy atom. The predicted molar refractivity (Wildman–Crippen MR) is 143 cm³/mol. The maximum Gasteiger partial charge on any atom is 0.416 e. The number of fused-ring (bicyclic) bond motifs is 3. The second kappa shape index (κ2) is 10.8. The van der Waals surface area contributed by atoms with E-state index in [-0.39, 0.29) is 6.03 Å². The molecule has 196 valence electrons. The van der Waals surface area contributed by atoms with E-state index < -0.39 is 11.7 Å². The lowest BCUT2D eigenvalue weighted by Gasteiger charge is -2.27. The Balaban J connectivity index is 1.33. The highest BCUT2D eigenvalue weighted by Crippen LogP contribution is 2.35. The fraction of sp³-hybridized carbons (Fsp3) is 0.214. The van der Waals surface area contributed by atoms with Crippen LogP contribution >= 0.6 is 23.2 Å². The number of amides is 1. The highest BCUT2D eigenvalue weighted by Gasteiger charge is 2.30. The van der Waals surface area contributed by atoms with Crippen LogP contribution in [0.25, 0.3) is 17.0 Å². The van der Waals surface area contributed by atoms with Crippen molar-refractivity contribution in [2.75, 3.05) is 13.1 Å². The molecule has 1 amide bonds. The fourth-order valence-electron chi connectivity index (χ4n) is 4.73. The van der Waals surface area contributed by atoms with Gasteiger partial charge < -0.3 is 5.32 Å². The molecule has 0 saturated carbocycles. The number of alkyl halides is 3. The first-order chi connectivity index (χ1) is 18.2. The number of carbonyl (C=O) groups is 1. The molecule has 1 aliphatic heterocycles. The van der Waals surface area contributed by atoms with Crippen molar-refractivity contribution in [3.05, 3.63) is 105 Å². The summed E-state index contributed by atoms with van der Waals surface area (Å²) >= 11 is 12.5. The summed E-state index contributed by atoms with van der Waals surface area (Å²) in [7, 11) is 0. The molecule has 4 aromatic rings. The first-order valence-electron chi connectivity index (χ1n) is 12.0. The van der Waals surface area contributed by atoms with Crippen LogP contribution in [0.1, 0.15) is 27.9 Å². The summed E-state index contributed by atoms with van der Waals surface area (Å²) < 4.78 is 40.0. The van der Waals surface area contributed by atoms with Crippen LogP contribution in [0.4, 0.5) is 18.0 Å². The van der Waals surface area contributed by atoms with Gasteiger partial charge in [0.1, 0.15) is 5.15 Å². The minimum Gasteiger partial charge on any atom is -0.333 e. The molecule has 2 aromatic carbocycles. The molecule has 0 bridgehead atoms. The van der Waals surface area contributed by atoms with Crippen molar-refractivity contribution in [1.82, 2.24) is 19.8 Å². The van der Waals surface area contributed by atoms with Gasteiger partial charge in [0.2, 0.25) is 0 Å². The van der Waals surface area contributed by atoms with Gasteiger partial charge in [-0.05, 0) is 47.0 Å². The quantitative estimate of drug-likeness (QED) is 0.264. The molecule has 0 aliphatic carbocycles. The molecule has 5 nitrogen and oxygen atoms in total. The van der Waals surface area contributed by atoms with Gasteiger partial charge in [-0.3, -0.25) is 9.47 Å². The van der Waals surface area contributed by atoms with E-state index in [0.29, 0.717) is 53.9 Å². The Hall–Kier alpha value is -3.33. The summed E-state index contributed by atoms with van der Waals surface area (Å²) in [6, 6.07) is 13.9. The number of nitrogens with one attached hydrogen (secondary N) is 1. The number of pyridine rings is 1. The van der Waals surface area contributed by atoms with Gasteiger partial charge in [0.25, 0.3) is 0 Å². The molecule has 1 aliphatic rings. The van der Waals surface area contributed by atoms with E-state index in [9.17, 15) is 18.0 Å². The molecule has 38 heavy (non-hydrogen) atoms. The molecule has 5 rings (SSSR count). The zero-order chi connectivity index (χ0) is 26.9. The number of nitrogens with zero attached hydrogens (tertiary/aromatic N) is 3. The predicted octanol–water partition coefficient (Wildman–Crippen LogP) is 7.19. The fourth-order valence-corrected chi connectivity index (χ4v) is 5.18. The van der Waals surface area contributed by atoms with Gasteiger partial charge in [-0.15, -0.1) is 0 Å². The Morgan fingerprint density at radius 1 is 1.11 bits per heavy atom. The molecule has 0 fully saturated rings. The number of rotatable bonds is 5. The standard InChI is InChI=1S/C28H23Cl2F3N4O/c29-23-5-1-4-21-22-17-36(13-2-3-18-6-8-20(9-7-18)28(31,32)33)14-11-24(22)37(26(21)23)27(38)35-16-19-10-12-34-25(30)15-19/h1-10,12,15H,11,13-14,16-17H2,(H,35,38). The molecule has 0 atom stereocenters. The number of para-hydroxylation sites is 1. The van der Waals surface area contributed by atoms with Gasteiger partial charge in [-0.2, -0.15) is 13.2 Å². The van der Waals surface area contributed by atoms with Crippen LogP contribution in [0.15, 0.2) is 66.9 Å². The van der Waals surface area contributed by atoms with E-state index in [1.54, 1.807) is 29.0 Å². The normalized spacial score (nSPS) is 14.2. The van der Waals surface area contributed by atoms with Gasteiger partial charge in [-0.1, -0.05) is 59.6 Å². The Kier molecular flexibility index (Phi) is 7.47. The summed E-state index contributed by atoms with van der Waals surface area (Å²) in [5.41, 5.74) is 3.50. The van der Waals surface area contributed by atoms with E-state index in [2.05, 4.69) is 15.2 Å². The van der Waals surface area contributed by atoms with E-state index in [0.717, 1.165) is 34.3 Å². The average molecular weight is 559 g/mol. The van der Waals surface area contributed by atoms with Crippen molar-refractivity contribution in [3.63, 3.8) is 0 Å². The molecule has 10 heteroatoms. The third kappa shape index (κ3) is 5.57. The Labute approximate surface area is 227 Å². The SMILES string of the molecule is O=C(NCc1ccnc(Cl)c1)n1c2c(c3cccc(Cl)c31)CN(CC=Cc1ccc(C(F)(F)F)cc1)CC2. The first-order valence-corrected chi connectivity index (χ1v) is 12.7. The number of hydrogen-bond donors (Lipinski definition) is 1. The summed E-state index contributed by atoms with van der Waals surface area (Å²) in [4.78, 5) is 19.5. The van der Waals surface area contributed by atoms with Gasteiger partial charge in [0, 0.05) is 49.9 Å². The summed E-state index contributed by atoms with van der Waals surface area (Å²) in [5, 5.41) is 4.73. The van der Waals surface area contributed by atoms with Crippen LogP contribution < -0.4 is 5.32 Å². The van der Waals surface area contributed by atoms with Crippen molar-refractivity contribution < 1.29 is 18.0 Å². The monoisotopic (exact) mass is 558 g/mol. The maximum absolute atomic E-state index is 13.3. The van der Waals surface area contributed by atoms with Crippen molar-refractivity contribution >= 4 is 46.2 Å². The summed E-state index contributed by atoms with van der Waals surface area (Å²) in [6.07, 6.45) is 1.64. The van der Waals surface area contributed by atoms with Gasteiger partial charge in [0.05, 0.1) is 16.1 Å². The molecule has 1 N–H and O–H groups in total.